The van der Waals surface area contributed by atoms with Crippen LogP contribution in [0, 0.1) is 0 Å². The predicted octanol–water partition coefficient (Wildman–Crippen LogP) is 4.99. The Morgan fingerprint density at radius 1 is 1.29 bits per heavy atom. The van der Waals surface area contributed by atoms with Gasteiger partial charge in [-0.3, -0.25) is 0 Å². The maximum Gasteiger partial charge on any atom is 0.136 e. The highest BCUT2D eigenvalue weighted by molar-refractivity contribution is 7.10. The summed E-state index contributed by atoms with van der Waals surface area (Å²) in [5, 5.41) is 6.72. The van der Waals surface area contributed by atoms with E-state index in [1.165, 1.54) is 4.88 Å². The fourth-order valence-corrected chi connectivity index (χ4v) is 3.37. The number of benzene rings is 1. The lowest BCUT2D eigenvalue weighted by Gasteiger charge is -2.19. The Kier molecular flexibility index (Phi) is 4.19. The highest BCUT2D eigenvalue weighted by Gasteiger charge is 2.20. The molecule has 0 saturated heterocycles. The van der Waals surface area contributed by atoms with Crippen LogP contribution in [0.5, 0.6) is 0 Å². The van der Waals surface area contributed by atoms with Crippen LogP contribution in [0.1, 0.15) is 16.7 Å². The third kappa shape index (κ3) is 3.07. The van der Waals surface area contributed by atoms with Gasteiger partial charge in [0, 0.05) is 29.3 Å². The predicted molar refractivity (Wildman–Crippen MR) is 89.5 cm³/mol. The Hall–Kier alpha value is -1.49. The minimum Gasteiger partial charge on any atom is -0.370 e. The molecule has 0 bridgehead atoms. The molecular formula is C15H13Cl2N3S. The summed E-state index contributed by atoms with van der Waals surface area (Å²) in [6.07, 6.45) is 3.72. The zero-order valence-corrected chi connectivity index (χ0v) is 13.6. The van der Waals surface area contributed by atoms with Gasteiger partial charge in [0.1, 0.15) is 11.9 Å². The number of hydrogen-bond donors (Lipinski definition) is 1. The van der Waals surface area contributed by atoms with Crippen LogP contribution in [0.4, 0.5) is 5.69 Å². The summed E-state index contributed by atoms with van der Waals surface area (Å²) in [7, 11) is 1.98. The molecule has 3 rings (SSSR count). The summed E-state index contributed by atoms with van der Waals surface area (Å²) in [5.74, 6) is 0.934. The van der Waals surface area contributed by atoms with E-state index in [1.54, 1.807) is 23.6 Å². The zero-order chi connectivity index (χ0) is 14.8. The molecule has 1 atom stereocenters. The number of aryl methyl sites for hydroxylation is 1. The van der Waals surface area contributed by atoms with Crippen molar-refractivity contribution in [2.45, 2.75) is 6.04 Å². The quantitative estimate of drug-likeness (QED) is 0.726. The number of rotatable bonds is 4. The van der Waals surface area contributed by atoms with Gasteiger partial charge in [0.25, 0.3) is 0 Å². The zero-order valence-electron chi connectivity index (χ0n) is 11.3. The van der Waals surface area contributed by atoms with Gasteiger partial charge in [-0.1, -0.05) is 29.3 Å². The third-order valence-electron chi connectivity index (χ3n) is 3.18. The average Bonchev–Trinajstić information content (AvgIpc) is 3.10. The number of anilines is 1. The monoisotopic (exact) mass is 337 g/mol. The largest absolute Gasteiger partial charge is 0.370 e. The molecule has 2 aromatic heterocycles. The first-order valence-corrected chi connectivity index (χ1v) is 8.01. The van der Waals surface area contributed by atoms with Gasteiger partial charge in [0.05, 0.1) is 10.7 Å². The molecule has 1 aromatic carbocycles. The number of halogens is 2. The minimum absolute atomic E-state index is 0.0522. The molecule has 6 heteroatoms. The maximum atomic E-state index is 6.27. The van der Waals surface area contributed by atoms with E-state index >= 15 is 0 Å². The number of nitrogens with one attached hydrogen (secondary N) is 1. The third-order valence-corrected chi connectivity index (χ3v) is 4.66. The molecule has 0 saturated carbocycles. The molecule has 108 valence electrons. The minimum atomic E-state index is -0.0522. The highest BCUT2D eigenvalue weighted by atomic mass is 35.5. The van der Waals surface area contributed by atoms with Crippen molar-refractivity contribution in [1.29, 1.82) is 0 Å². The topological polar surface area (TPSA) is 29.9 Å². The van der Waals surface area contributed by atoms with E-state index in [1.807, 2.05) is 36.0 Å². The van der Waals surface area contributed by atoms with Crippen LogP contribution in [-0.4, -0.2) is 9.55 Å². The lowest BCUT2D eigenvalue weighted by Crippen LogP contribution is -2.15. The van der Waals surface area contributed by atoms with Crippen molar-refractivity contribution < 1.29 is 0 Å². The van der Waals surface area contributed by atoms with Crippen LogP contribution in [0.15, 0.2) is 48.1 Å². The smallest absolute Gasteiger partial charge is 0.136 e. The van der Waals surface area contributed by atoms with Crippen molar-refractivity contribution in [3.05, 3.63) is 68.9 Å². The highest BCUT2D eigenvalue weighted by Crippen LogP contribution is 2.33. The van der Waals surface area contributed by atoms with Crippen molar-refractivity contribution in [2.24, 2.45) is 7.05 Å². The summed E-state index contributed by atoms with van der Waals surface area (Å²) < 4.78 is 2.00. The van der Waals surface area contributed by atoms with Crippen molar-refractivity contribution in [3.8, 4) is 0 Å². The summed E-state index contributed by atoms with van der Waals surface area (Å²) in [5.41, 5.74) is 0.836. The number of hydrogen-bond acceptors (Lipinski definition) is 3. The second-order valence-corrected chi connectivity index (χ2v) is 6.44. The van der Waals surface area contributed by atoms with Crippen LogP contribution in [-0.2, 0) is 7.05 Å². The van der Waals surface area contributed by atoms with Crippen molar-refractivity contribution in [3.63, 3.8) is 0 Å². The van der Waals surface area contributed by atoms with Gasteiger partial charge in [-0.25, -0.2) is 4.98 Å². The molecule has 0 aliphatic heterocycles. The van der Waals surface area contributed by atoms with Gasteiger partial charge in [-0.05, 0) is 29.6 Å². The normalized spacial score (nSPS) is 12.3. The first-order chi connectivity index (χ1) is 10.1. The van der Waals surface area contributed by atoms with E-state index in [0.717, 1.165) is 11.5 Å². The van der Waals surface area contributed by atoms with E-state index in [-0.39, 0.29) is 6.04 Å². The van der Waals surface area contributed by atoms with Crippen molar-refractivity contribution in [1.82, 2.24) is 9.55 Å². The first-order valence-electron chi connectivity index (χ1n) is 6.37. The molecule has 0 aliphatic rings. The van der Waals surface area contributed by atoms with Crippen LogP contribution < -0.4 is 5.32 Å². The Morgan fingerprint density at radius 2 is 2.14 bits per heavy atom. The Morgan fingerprint density at radius 3 is 2.76 bits per heavy atom. The van der Waals surface area contributed by atoms with Crippen molar-refractivity contribution in [2.75, 3.05) is 5.32 Å². The number of nitrogens with zero attached hydrogens (tertiary/aromatic N) is 2. The van der Waals surface area contributed by atoms with Gasteiger partial charge in [0.2, 0.25) is 0 Å². The van der Waals surface area contributed by atoms with Crippen LogP contribution >= 0.6 is 34.5 Å². The van der Waals surface area contributed by atoms with Crippen LogP contribution in [0.2, 0.25) is 10.0 Å². The lowest BCUT2D eigenvalue weighted by atomic mass is 10.2. The van der Waals surface area contributed by atoms with Gasteiger partial charge in [-0.15, -0.1) is 11.3 Å². The van der Waals surface area contributed by atoms with Gasteiger partial charge in [-0.2, -0.15) is 0 Å². The van der Waals surface area contributed by atoms with Gasteiger partial charge < -0.3 is 9.88 Å². The van der Waals surface area contributed by atoms with Crippen LogP contribution in [0.25, 0.3) is 0 Å². The molecule has 1 unspecified atom stereocenters. The van der Waals surface area contributed by atoms with E-state index in [0.29, 0.717) is 10.0 Å². The molecule has 2 heterocycles. The van der Waals surface area contributed by atoms with Crippen LogP contribution in [0.3, 0.4) is 0 Å². The standard InChI is InChI=1S/C15H13Cl2N3S/c1-20-7-6-18-15(20)14(13-3-2-8-21-13)19-12-5-4-10(16)9-11(12)17/h2-9,14,19H,1H3. The average molecular weight is 338 g/mol. The second kappa shape index (κ2) is 6.10. The number of thiophene rings is 1. The fraction of sp³-hybridized carbons (Fsp3) is 0.133. The summed E-state index contributed by atoms with van der Waals surface area (Å²) >= 11 is 13.9. The molecule has 0 spiro atoms. The lowest BCUT2D eigenvalue weighted by molar-refractivity contribution is 0.756. The molecule has 3 aromatic rings. The molecule has 0 amide bonds. The SMILES string of the molecule is Cn1ccnc1C(Nc1ccc(Cl)cc1Cl)c1cccs1. The number of aromatic nitrogens is 2. The fourth-order valence-electron chi connectivity index (χ4n) is 2.14. The summed E-state index contributed by atoms with van der Waals surface area (Å²) in [6, 6.07) is 9.49. The van der Waals surface area contributed by atoms with E-state index in [2.05, 4.69) is 21.7 Å². The first kappa shape index (κ1) is 14.4. The molecule has 0 aliphatic carbocycles. The molecule has 1 N–H and O–H groups in total. The molecule has 3 nitrogen and oxygen atoms in total. The molecule has 0 radical (unpaired) electrons. The van der Waals surface area contributed by atoms with E-state index < -0.39 is 0 Å². The van der Waals surface area contributed by atoms with Crippen molar-refractivity contribution >= 4 is 40.2 Å². The van der Waals surface area contributed by atoms with Gasteiger partial charge >= 0.3 is 0 Å². The van der Waals surface area contributed by atoms with Gasteiger partial charge in [0.15, 0.2) is 0 Å². The Bertz CT molecular complexity index is 737. The second-order valence-electron chi connectivity index (χ2n) is 4.61. The number of imidazole rings is 1. The van der Waals surface area contributed by atoms with E-state index in [9.17, 15) is 0 Å². The maximum absolute atomic E-state index is 6.27. The molecule has 0 fully saturated rings. The van der Waals surface area contributed by atoms with E-state index in [4.69, 9.17) is 23.2 Å². The summed E-state index contributed by atoms with van der Waals surface area (Å²) in [6.45, 7) is 0. The Labute approximate surface area is 137 Å². The Balaban J connectivity index is 1.99. The molecule has 21 heavy (non-hydrogen) atoms. The molecular weight excluding hydrogens is 325 g/mol. The summed E-state index contributed by atoms with van der Waals surface area (Å²) in [4.78, 5) is 5.63.